The molecule has 100 valence electrons. The molecule has 4 heteroatoms. The van der Waals surface area contributed by atoms with Crippen LogP contribution in [0.1, 0.15) is 15.9 Å². The Kier molecular flexibility index (Phi) is 3.21. The summed E-state index contributed by atoms with van der Waals surface area (Å²) in [6.45, 7) is 1.15. The fourth-order valence-corrected chi connectivity index (χ4v) is 2.49. The molecule has 0 unspecified atom stereocenters. The van der Waals surface area contributed by atoms with Crippen LogP contribution in [0.2, 0.25) is 0 Å². The van der Waals surface area contributed by atoms with Crippen LogP contribution in [0.15, 0.2) is 36.4 Å². The Labute approximate surface area is 116 Å². The van der Waals surface area contributed by atoms with Crippen LogP contribution >= 0.6 is 0 Å². The Morgan fingerprint density at radius 2 is 2.05 bits per heavy atom. The van der Waals surface area contributed by atoms with E-state index in [1.807, 2.05) is 36.4 Å². The third kappa shape index (κ3) is 2.05. The van der Waals surface area contributed by atoms with E-state index in [9.17, 15) is 9.59 Å². The van der Waals surface area contributed by atoms with Crippen LogP contribution in [0, 0.1) is 0 Å². The van der Waals surface area contributed by atoms with Crippen molar-refractivity contribution in [1.29, 1.82) is 0 Å². The van der Waals surface area contributed by atoms with Gasteiger partial charge in [0.1, 0.15) is 6.61 Å². The van der Waals surface area contributed by atoms with Gasteiger partial charge in [0, 0.05) is 17.6 Å². The fraction of sp³-hybridized carbons (Fsp3) is 0.125. The average Bonchev–Trinajstić information content (AvgIpc) is 2.48. The van der Waals surface area contributed by atoms with Crippen molar-refractivity contribution in [2.24, 2.45) is 0 Å². The lowest BCUT2D eigenvalue weighted by atomic mass is 9.91. The summed E-state index contributed by atoms with van der Waals surface area (Å²) in [6, 6.07) is 9.84. The molecule has 0 saturated carbocycles. The van der Waals surface area contributed by atoms with Crippen LogP contribution in [0.5, 0.6) is 0 Å². The lowest BCUT2D eigenvalue weighted by Crippen LogP contribution is -2.13. The third-order valence-corrected chi connectivity index (χ3v) is 3.34. The van der Waals surface area contributed by atoms with Gasteiger partial charge in [0.15, 0.2) is 5.78 Å². The summed E-state index contributed by atoms with van der Waals surface area (Å²) in [5.41, 5.74) is 2.50. The van der Waals surface area contributed by atoms with Crippen molar-refractivity contribution in [3.8, 4) is 0 Å². The van der Waals surface area contributed by atoms with Gasteiger partial charge in [-0.3, -0.25) is 9.59 Å². The summed E-state index contributed by atoms with van der Waals surface area (Å²) >= 11 is 0. The highest BCUT2D eigenvalue weighted by Gasteiger charge is 2.18. The number of hydrogen-bond donors (Lipinski definition) is 1. The number of nitrogens with one attached hydrogen (secondary N) is 1. The number of carbonyl (C=O) groups is 2. The van der Waals surface area contributed by atoms with Gasteiger partial charge in [0.2, 0.25) is 0 Å². The SMILES string of the molecule is O=COCCNc1ccc2cccc3c2c1C(=O)C=C3. The van der Waals surface area contributed by atoms with E-state index in [-0.39, 0.29) is 12.4 Å². The molecule has 2 aromatic rings. The maximum atomic E-state index is 12.2. The molecule has 0 heterocycles. The van der Waals surface area contributed by atoms with E-state index in [0.717, 1.165) is 22.0 Å². The van der Waals surface area contributed by atoms with Crippen molar-refractivity contribution in [3.05, 3.63) is 47.5 Å². The fourth-order valence-electron chi connectivity index (χ4n) is 2.49. The Bertz CT molecular complexity index is 719. The van der Waals surface area contributed by atoms with Gasteiger partial charge < -0.3 is 10.1 Å². The molecule has 0 fully saturated rings. The average molecular weight is 267 g/mol. The first-order chi connectivity index (χ1) is 9.81. The second-order valence-corrected chi connectivity index (χ2v) is 4.52. The first-order valence-electron chi connectivity index (χ1n) is 6.38. The van der Waals surface area contributed by atoms with Gasteiger partial charge in [-0.05, 0) is 23.1 Å². The molecule has 0 radical (unpaired) electrons. The summed E-state index contributed by atoms with van der Waals surface area (Å²) < 4.78 is 4.64. The largest absolute Gasteiger partial charge is 0.466 e. The minimum absolute atomic E-state index is 0.00638. The normalized spacial score (nSPS) is 12.5. The van der Waals surface area contributed by atoms with Crippen molar-refractivity contribution in [3.63, 3.8) is 0 Å². The first kappa shape index (κ1) is 12.4. The smallest absolute Gasteiger partial charge is 0.293 e. The number of anilines is 1. The number of allylic oxidation sites excluding steroid dienone is 1. The van der Waals surface area contributed by atoms with Crippen LogP contribution in [-0.2, 0) is 9.53 Å². The number of hydrogen-bond acceptors (Lipinski definition) is 4. The van der Waals surface area contributed by atoms with Crippen molar-refractivity contribution in [2.45, 2.75) is 0 Å². The Hall–Kier alpha value is -2.62. The van der Waals surface area contributed by atoms with Gasteiger partial charge in [0.05, 0.1) is 5.56 Å². The molecule has 0 saturated heterocycles. The molecule has 1 N–H and O–H groups in total. The molecule has 3 rings (SSSR count). The highest BCUT2D eigenvalue weighted by Crippen LogP contribution is 2.33. The maximum Gasteiger partial charge on any atom is 0.293 e. The van der Waals surface area contributed by atoms with Crippen LogP contribution in [0.3, 0.4) is 0 Å². The standard InChI is InChI=1S/C16H13NO3/c18-10-20-9-8-17-13-6-4-11-2-1-3-12-5-7-14(19)16(13)15(11)12/h1-7,10,17H,8-9H2. The van der Waals surface area contributed by atoms with Crippen LogP contribution < -0.4 is 5.32 Å². The predicted molar refractivity (Wildman–Crippen MR) is 77.8 cm³/mol. The molecule has 0 bridgehead atoms. The van der Waals surface area contributed by atoms with Crippen molar-refractivity contribution >= 4 is 34.8 Å². The van der Waals surface area contributed by atoms with Crippen molar-refractivity contribution in [1.82, 2.24) is 0 Å². The zero-order valence-electron chi connectivity index (χ0n) is 10.8. The second kappa shape index (κ2) is 5.17. The van der Waals surface area contributed by atoms with Gasteiger partial charge >= 0.3 is 0 Å². The summed E-state index contributed by atoms with van der Waals surface area (Å²) in [5.74, 6) is -0.00638. The molecular formula is C16H13NO3. The monoisotopic (exact) mass is 267 g/mol. The van der Waals surface area contributed by atoms with E-state index < -0.39 is 0 Å². The minimum atomic E-state index is -0.00638. The van der Waals surface area contributed by atoms with Gasteiger partial charge in [0.25, 0.3) is 6.47 Å². The molecule has 4 nitrogen and oxygen atoms in total. The van der Waals surface area contributed by atoms with E-state index in [0.29, 0.717) is 18.6 Å². The van der Waals surface area contributed by atoms with Crippen LogP contribution in [0.4, 0.5) is 5.69 Å². The summed E-state index contributed by atoms with van der Waals surface area (Å²) in [5, 5.41) is 5.16. The molecule has 2 aromatic carbocycles. The highest BCUT2D eigenvalue weighted by atomic mass is 16.5. The lowest BCUT2D eigenvalue weighted by Gasteiger charge is -2.17. The topological polar surface area (TPSA) is 55.4 Å². The molecule has 1 aliphatic rings. The molecule has 0 spiro atoms. The molecule has 0 atom stereocenters. The van der Waals surface area contributed by atoms with Gasteiger partial charge in [-0.2, -0.15) is 0 Å². The zero-order chi connectivity index (χ0) is 13.9. The summed E-state index contributed by atoms with van der Waals surface area (Å²) in [7, 11) is 0. The maximum absolute atomic E-state index is 12.2. The molecule has 0 aliphatic heterocycles. The number of carbonyl (C=O) groups excluding carboxylic acids is 2. The number of benzene rings is 2. The lowest BCUT2D eigenvalue weighted by molar-refractivity contribution is -0.128. The van der Waals surface area contributed by atoms with Crippen molar-refractivity contribution in [2.75, 3.05) is 18.5 Å². The minimum Gasteiger partial charge on any atom is -0.466 e. The van der Waals surface area contributed by atoms with E-state index in [1.165, 1.54) is 0 Å². The van der Waals surface area contributed by atoms with E-state index in [2.05, 4.69) is 10.1 Å². The van der Waals surface area contributed by atoms with E-state index in [1.54, 1.807) is 6.08 Å². The van der Waals surface area contributed by atoms with Gasteiger partial charge in [-0.25, -0.2) is 0 Å². The Morgan fingerprint density at radius 1 is 1.15 bits per heavy atom. The summed E-state index contributed by atoms with van der Waals surface area (Å²) in [4.78, 5) is 22.3. The van der Waals surface area contributed by atoms with E-state index in [4.69, 9.17) is 0 Å². The Morgan fingerprint density at radius 3 is 2.90 bits per heavy atom. The van der Waals surface area contributed by atoms with Crippen LogP contribution in [-0.4, -0.2) is 25.4 Å². The third-order valence-electron chi connectivity index (χ3n) is 3.34. The summed E-state index contributed by atoms with van der Waals surface area (Å²) in [6.07, 6.45) is 3.43. The molecule has 20 heavy (non-hydrogen) atoms. The van der Waals surface area contributed by atoms with Crippen LogP contribution in [0.25, 0.3) is 16.8 Å². The highest BCUT2D eigenvalue weighted by molar-refractivity contribution is 6.23. The van der Waals surface area contributed by atoms with Crippen molar-refractivity contribution < 1.29 is 14.3 Å². The predicted octanol–water partition coefficient (Wildman–Crippen LogP) is 2.63. The first-order valence-corrected chi connectivity index (χ1v) is 6.38. The number of ether oxygens (including phenoxy) is 1. The van der Waals surface area contributed by atoms with E-state index >= 15 is 0 Å². The molecule has 0 amide bonds. The molecule has 1 aliphatic carbocycles. The zero-order valence-corrected chi connectivity index (χ0v) is 10.8. The quantitative estimate of drug-likeness (QED) is 0.668. The Balaban J connectivity index is 2.03. The second-order valence-electron chi connectivity index (χ2n) is 4.52. The number of rotatable bonds is 5. The van der Waals surface area contributed by atoms with Gasteiger partial charge in [-0.1, -0.05) is 30.3 Å². The van der Waals surface area contributed by atoms with Gasteiger partial charge in [-0.15, -0.1) is 0 Å². The molecular weight excluding hydrogens is 254 g/mol. The number of ketones is 1. The molecule has 0 aromatic heterocycles.